The second kappa shape index (κ2) is 11.1. The Morgan fingerprint density at radius 2 is 2.00 bits per heavy atom. The fourth-order valence-corrected chi connectivity index (χ4v) is 3.71. The average Bonchev–Trinajstić information content (AvgIpc) is 3.27. The van der Waals surface area contributed by atoms with E-state index in [-0.39, 0.29) is 11.6 Å². The molecule has 0 spiro atoms. The van der Waals surface area contributed by atoms with E-state index >= 15 is 0 Å². The van der Waals surface area contributed by atoms with Crippen LogP contribution >= 0.6 is 23.1 Å². The van der Waals surface area contributed by atoms with E-state index in [4.69, 9.17) is 5.73 Å². The van der Waals surface area contributed by atoms with Gasteiger partial charge in [-0.1, -0.05) is 30.0 Å². The summed E-state index contributed by atoms with van der Waals surface area (Å²) in [5, 5.41) is 12.0. The zero-order valence-corrected chi connectivity index (χ0v) is 18.0. The van der Waals surface area contributed by atoms with E-state index in [2.05, 4.69) is 11.1 Å². The maximum atomic E-state index is 13.2. The van der Waals surface area contributed by atoms with Gasteiger partial charge in [-0.25, -0.2) is 9.37 Å². The molecule has 1 aromatic carbocycles. The molecule has 2 amide bonds. The minimum absolute atomic E-state index is 0.0262. The molecule has 3 rings (SSSR count). The van der Waals surface area contributed by atoms with E-state index in [1.807, 2.05) is 23.6 Å². The number of aromatic nitrogens is 1. The van der Waals surface area contributed by atoms with Crippen LogP contribution in [-0.2, 0) is 9.59 Å². The number of thiophene rings is 1. The molecular formula is C21H19FN4O2S2. The number of nitriles is 1. The zero-order chi connectivity index (χ0) is 22.1. The number of benzene rings is 1. The molecule has 0 fully saturated rings. The number of nitrogens with two attached hydrogens (primary N) is 1. The van der Waals surface area contributed by atoms with Crippen LogP contribution in [0.15, 0.2) is 52.9 Å². The van der Waals surface area contributed by atoms with Crippen molar-refractivity contribution in [3.63, 3.8) is 0 Å². The van der Waals surface area contributed by atoms with Gasteiger partial charge in [0.25, 0.3) is 0 Å². The van der Waals surface area contributed by atoms with Crippen LogP contribution in [-0.4, -0.2) is 42.0 Å². The van der Waals surface area contributed by atoms with Crippen molar-refractivity contribution >= 4 is 35.4 Å². The first kappa shape index (κ1) is 23.1. The number of halogens is 1. The molecular weight excluding hydrogens is 423 g/mol. The Balaban J connectivity index is 0.000000575. The lowest BCUT2D eigenvalue weighted by Gasteiger charge is -2.11. The van der Waals surface area contributed by atoms with Gasteiger partial charge in [-0.05, 0) is 35.2 Å². The highest BCUT2D eigenvalue weighted by Crippen LogP contribution is 2.35. The van der Waals surface area contributed by atoms with Gasteiger partial charge in [-0.2, -0.15) is 5.26 Å². The van der Waals surface area contributed by atoms with Crippen LogP contribution in [0.2, 0.25) is 0 Å². The third-order valence-corrected chi connectivity index (χ3v) is 5.48. The number of carbonyl (C=O) groups excluding carboxylic acids is 2. The van der Waals surface area contributed by atoms with Crippen molar-refractivity contribution in [1.29, 1.82) is 5.26 Å². The van der Waals surface area contributed by atoms with Crippen LogP contribution in [0.25, 0.3) is 21.7 Å². The number of hydrogen-bond donors (Lipinski definition) is 1. The fraction of sp³-hybridized carbons (Fsp3) is 0.143. The van der Waals surface area contributed by atoms with Crippen molar-refractivity contribution in [1.82, 2.24) is 9.88 Å². The van der Waals surface area contributed by atoms with E-state index in [9.17, 15) is 19.2 Å². The van der Waals surface area contributed by atoms with Gasteiger partial charge in [0.05, 0.1) is 21.9 Å². The molecule has 30 heavy (non-hydrogen) atoms. The third kappa shape index (κ3) is 6.40. The van der Waals surface area contributed by atoms with Crippen LogP contribution in [0, 0.1) is 17.1 Å². The first-order valence-corrected chi connectivity index (χ1v) is 10.5. The quantitative estimate of drug-likeness (QED) is 0.463. The minimum atomic E-state index is -0.486. The molecule has 0 aliphatic carbocycles. The van der Waals surface area contributed by atoms with Gasteiger partial charge in [0, 0.05) is 19.7 Å². The Labute approximate surface area is 182 Å². The highest BCUT2D eigenvalue weighted by atomic mass is 32.2. The molecule has 0 saturated heterocycles. The Morgan fingerprint density at radius 1 is 1.33 bits per heavy atom. The highest BCUT2D eigenvalue weighted by Gasteiger charge is 2.17. The van der Waals surface area contributed by atoms with Crippen LogP contribution in [0.5, 0.6) is 0 Å². The maximum Gasteiger partial charge on any atom is 0.227 e. The van der Waals surface area contributed by atoms with Gasteiger partial charge in [0.1, 0.15) is 16.9 Å². The topological polar surface area (TPSA) is 100 Å². The first-order chi connectivity index (χ1) is 14.3. The second-order valence-electron chi connectivity index (χ2n) is 6.16. The summed E-state index contributed by atoms with van der Waals surface area (Å²) in [4.78, 5) is 27.5. The number of primary amides is 1. The standard InChI is InChI=1S/C18H12FN3OS2.C3H7NO/c19-12-5-3-11(4-6-12)13-8-15(16-2-1-7-24-16)22-18(14(13)9-20)25-10-17(21)23;1-4(2)3-5/h1-8H,10H2,(H2,21,23);3H,1-2H3. The summed E-state index contributed by atoms with van der Waals surface area (Å²) in [5.74, 6) is -0.808. The molecule has 0 aliphatic rings. The van der Waals surface area contributed by atoms with Gasteiger partial charge in [-0.15, -0.1) is 11.3 Å². The SMILES string of the molecule is CN(C)C=O.N#Cc1c(-c2ccc(F)cc2)cc(-c2cccs2)nc1SCC(N)=O. The van der Waals surface area contributed by atoms with Gasteiger partial charge in [0.15, 0.2) is 0 Å². The van der Waals surface area contributed by atoms with E-state index in [0.29, 0.717) is 27.4 Å². The molecule has 6 nitrogen and oxygen atoms in total. The number of rotatable bonds is 6. The Morgan fingerprint density at radius 3 is 2.50 bits per heavy atom. The molecule has 0 radical (unpaired) electrons. The van der Waals surface area contributed by atoms with Gasteiger partial charge >= 0.3 is 0 Å². The van der Waals surface area contributed by atoms with E-state index in [1.54, 1.807) is 26.2 Å². The highest BCUT2D eigenvalue weighted by molar-refractivity contribution is 8.00. The monoisotopic (exact) mass is 442 g/mol. The molecule has 154 valence electrons. The summed E-state index contributed by atoms with van der Waals surface area (Å²) in [5.41, 5.74) is 7.61. The Bertz CT molecular complexity index is 1050. The molecule has 0 bridgehead atoms. The summed E-state index contributed by atoms with van der Waals surface area (Å²) in [7, 11) is 3.38. The van der Waals surface area contributed by atoms with Crippen LogP contribution in [0.4, 0.5) is 4.39 Å². The van der Waals surface area contributed by atoms with Crippen molar-refractivity contribution in [3.05, 3.63) is 59.2 Å². The lowest BCUT2D eigenvalue weighted by Crippen LogP contribution is -2.13. The number of thioether (sulfide) groups is 1. The molecule has 0 saturated carbocycles. The fourth-order valence-electron chi connectivity index (χ4n) is 2.28. The smallest absolute Gasteiger partial charge is 0.227 e. The number of hydrogen-bond acceptors (Lipinski definition) is 6. The maximum absolute atomic E-state index is 13.2. The summed E-state index contributed by atoms with van der Waals surface area (Å²) in [6, 6.07) is 13.7. The number of nitrogens with zero attached hydrogens (tertiary/aromatic N) is 3. The van der Waals surface area contributed by atoms with E-state index < -0.39 is 5.91 Å². The number of amides is 2. The second-order valence-corrected chi connectivity index (χ2v) is 8.07. The Kier molecular flexibility index (Phi) is 8.53. The van der Waals surface area contributed by atoms with Gasteiger partial charge in [0.2, 0.25) is 12.3 Å². The molecule has 0 unspecified atom stereocenters. The van der Waals surface area contributed by atoms with Crippen molar-refractivity contribution in [2.75, 3.05) is 19.8 Å². The van der Waals surface area contributed by atoms with Gasteiger partial charge < -0.3 is 10.6 Å². The van der Waals surface area contributed by atoms with Crippen molar-refractivity contribution in [2.45, 2.75) is 5.03 Å². The van der Waals surface area contributed by atoms with Crippen LogP contribution in [0.3, 0.4) is 0 Å². The van der Waals surface area contributed by atoms with Crippen molar-refractivity contribution < 1.29 is 14.0 Å². The lowest BCUT2D eigenvalue weighted by molar-refractivity contribution is -0.116. The minimum Gasteiger partial charge on any atom is -0.369 e. The summed E-state index contributed by atoms with van der Waals surface area (Å²) >= 11 is 2.65. The number of pyridine rings is 1. The third-order valence-electron chi connectivity index (χ3n) is 3.59. The van der Waals surface area contributed by atoms with E-state index in [1.165, 1.54) is 28.4 Å². The predicted octanol–water partition coefficient (Wildman–Crippen LogP) is 3.77. The Hall–Kier alpha value is -3.22. The largest absolute Gasteiger partial charge is 0.369 e. The molecule has 0 atom stereocenters. The lowest BCUT2D eigenvalue weighted by atomic mass is 10.0. The van der Waals surface area contributed by atoms with Crippen molar-refractivity contribution in [3.8, 4) is 27.8 Å². The molecule has 2 N–H and O–H groups in total. The molecule has 2 heterocycles. The van der Waals surface area contributed by atoms with Crippen LogP contribution in [0.1, 0.15) is 5.56 Å². The average molecular weight is 443 g/mol. The van der Waals surface area contributed by atoms with E-state index in [0.717, 1.165) is 23.0 Å². The van der Waals surface area contributed by atoms with Gasteiger partial charge in [-0.3, -0.25) is 9.59 Å². The molecule has 2 aromatic heterocycles. The molecule has 3 aromatic rings. The normalized spacial score (nSPS) is 9.80. The first-order valence-electron chi connectivity index (χ1n) is 8.63. The summed E-state index contributed by atoms with van der Waals surface area (Å²) < 4.78 is 13.2. The predicted molar refractivity (Wildman–Crippen MR) is 117 cm³/mol. The zero-order valence-electron chi connectivity index (χ0n) is 16.3. The van der Waals surface area contributed by atoms with Crippen LogP contribution < -0.4 is 5.73 Å². The molecule has 9 heteroatoms. The number of carbonyl (C=O) groups is 2. The molecule has 0 aliphatic heterocycles. The summed E-state index contributed by atoms with van der Waals surface area (Å²) in [6.45, 7) is 0. The summed E-state index contributed by atoms with van der Waals surface area (Å²) in [6.07, 6.45) is 0.750. The van der Waals surface area contributed by atoms with Crippen molar-refractivity contribution in [2.24, 2.45) is 5.73 Å².